The first kappa shape index (κ1) is 15.1. The van der Waals surface area contributed by atoms with Crippen LogP contribution >= 0.6 is 27.7 Å². The standard InChI is InChI=1S/C14H16BrN3OS/c1-3-18-12(10-4-6-11(15)7-5-10)8-17-14(18)20-9(2)13(16)19/h4-9H,3H2,1-2H3,(H2,16,19)/t9-/m1/s1. The molecule has 2 aromatic rings. The van der Waals surface area contributed by atoms with Gasteiger partial charge in [-0.25, -0.2) is 4.98 Å². The number of nitrogens with two attached hydrogens (primary N) is 1. The second-order valence-electron chi connectivity index (χ2n) is 4.34. The number of imidazole rings is 1. The van der Waals surface area contributed by atoms with Gasteiger partial charge in [0.2, 0.25) is 5.91 Å². The van der Waals surface area contributed by atoms with Gasteiger partial charge in [-0.2, -0.15) is 0 Å². The van der Waals surface area contributed by atoms with E-state index >= 15 is 0 Å². The van der Waals surface area contributed by atoms with Crippen LogP contribution < -0.4 is 5.73 Å². The Morgan fingerprint density at radius 3 is 2.65 bits per heavy atom. The third-order valence-corrected chi connectivity index (χ3v) is 4.61. The molecule has 0 unspecified atom stereocenters. The number of aromatic nitrogens is 2. The Bertz CT molecular complexity index is 609. The predicted octanol–water partition coefficient (Wildman–Crippen LogP) is 3.30. The Labute approximate surface area is 130 Å². The Hall–Kier alpha value is -1.27. The van der Waals surface area contributed by atoms with Gasteiger partial charge in [-0.1, -0.05) is 39.8 Å². The zero-order chi connectivity index (χ0) is 14.7. The molecule has 0 aliphatic rings. The van der Waals surface area contributed by atoms with E-state index in [2.05, 4.69) is 32.4 Å². The van der Waals surface area contributed by atoms with E-state index in [-0.39, 0.29) is 11.2 Å². The molecule has 0 fully saturated rings. The SMILES string of the molecule is CCn1c(-c2ccc(Br)cc2)cnc1S[C@H](C)C(N)=O. The zero-order valence-corrected chi connectivity index (χ0v) is 13.7. The summed E-state index contributed by atoms with van der Waals surface area (Å²) in [6.45, 7) is 4.64. The highest BCUT2D eigenvalue weighted by atomic mass is 79.9. The van der Waals surface area contributed by atoms with E-state index in [1.165, 1.54) is 11.8 Å². The Kier molecular flexibility index (Phi) is 4.88. The van der Waals surface area contributed by atoms with E-state index in [9.17, 15) is 4.79 Å². The quantitative estimate of drug-likeness (QED) is 0.838. The maximum atomic E-state index is 11.2. The molecule has 2 rings (SSSR count). The minimum Gasteiger partial charge on any atom is -0.369 e. The van der Waals surface area contributed by atoms with Gasteiger partial charge < -0.3 is 10.3 Å². The Morgan fingerprint density at radius 1 is 1.45 bits per heavy atom. The van der Waals surface area contributed by atoms with Crippen LogP contribution in [0.4, 0.5) is 0 Å². The molecule has 0 saturated carbocycles. The molecular formula is C14H16BrN3OS. The largest absolute Gasteiger partial charge is 0.369 e. The molecule has 0 radical (unpaired) electrons. The van der Waals surface area contributed by atoms with Crippen molar-refractivity contribution < 1.29 is 4.79 Å². The molecule has 2 N–H and O–H groups in total. The van der Waals surface area contributed by atoms with Gasteiger partial charge in [0.05, 0.1) is 17.1 Å². The molecule has 0 saturated heterocycles. The maximum absolute atomic E-state index is 11.2. The van der Waals surface area contributed by atoms with Crippen molar-refractivity contribution >= 4 is 33.6 Å². The Balaban J connectivity index is 2.34. The second-order valence-corrected chi connectivity index (χ2v) is 6.56. The lowest BCUT2D eigenvalue weighted by atomic mass is 10.2. The lowest BCUT2D eigenvalue weighted by Crippen LogP contribution is -2.23. The first-order valence-electron chi connectivity index (χ1n) is 6.30. The van der Waals surface area contributed by atoms with Gasteiger partial charge in [0.25, 0.3) is 0 Å². The van der Waals surface area contributed by atoms with Crippen molar-refractivity contribution in [2.75, 3.05) is 0 Å². The van der Waals surface area contributed by atoms with E-state index in [0.29, 0.717) is 0 Å². The summed E-state index contributed by atoms with van der Waals surface area (Å²) in [5.74, 6) is -0.328. The van der Waals surface area contributed by atoms with Crippen LogP contribution in [-0.2, 0) is 11.3 Å². The van der Waals surface area contributed by atoms with Crippen molar-refractivity contribution in [3.63, 3.8) is 0 Å². The molecule has 1 aromatic heterocycles. The van der Waals surface area contributed by atoms with Crippen LogP contribution in [-0.4, -0.2) is 20.7 Å². The fourth-order valence-corrected chi connectivity index (χ4v) is 2.99. The third kappa shape index (κ3) is 3.24. The highest BCUT2D eigenvalue weighted by molar-refractivity contribution is 9.10. The summed E-state index contributed by atoms with van der Waals surface area (Å²) in [4.78, 5) is 15.6. The molecule has 20 heavy (non-hydrogen) atoms. The number of carbonyl (C=O) groups excluding carboxylic acids is 1. The molecule has 1 aromatic carbocycles. The highest BCUT2D eigenvalue weighted by Gasteiger charge is 2.16. The topological polar surface area (TPSA) is 60.9 Å². The van der Waals surface area contributed by atoms with Crippen molar-refractivity contribution in [2.24, 2.45) is 5.73 Å². The highest BCUT2D eigenvalue weighted by Crippen LogP contribution is 2.29. The Morgan fingerprint density at radius 2 is 2.10 bits per heavy atom. The number of amides is 1. The normalized spacial score (nSPS) is 12.3. The van der Waals surface area contributed by atoms with Crippen LogP contribution in [0.5, 0.6) is 0 Å². The average Bonchev–Trinajstić information content (AvgIpc) is 2.82. The van der Waals surface area contributed by atoms with Gasteiger partial charge in [0.1, 0.15) is 0 Å². The van der Waals surface area contributed by atoms with Crippen molar-refractivity contribution in [3.05, 3.63) is 34.9 Å². The summed E-state index contributed by atoms with van der Waals surface area (Å²) in [7, 11) is 0. The molecule has 6 heteroatoms. The van der Waals surface area contributed by atoms with E-state index in [0.717, 1.165) is 27.4 Å². The molecule has 1 amide bonds. The number of carbonyl (C=O) groups is 1. The zero-order valence-electron chi connectivity index (χ0n) is 11.3. The monoisotopic (exact) mass is 353 g/mol. The van der Waals surface area contributed by atoms with Gasteiger partial charge in [-0.15, -0.1) is 0 Å². The van der Waals surface area contributed by atoms with Crippen LogP contribution in [0.15, 0.2) is 40.1 Å². The number of halogens is 1. The number of hydrogen-bond acceptors (Lipinski definition) is 3. The molecule has 106 valence electrons. The first-order valence-corrected chi connectivity index (χ1v) is 7.97. The van der Waals surface area contributed by atoms with Crippen LogP contribution in [0.25, 0.3) is 11.3 Å². The predicted molar refractivity (Wildman–Crippen MR) is 85.6 cm³/mol. The minimum atomic E-state index is -0.328. The summed E-state index contributed by atoms with van der Waals surface area (Å²) < 4.78 is 3.13. The van der Waals surface area contributed by atoms with Gasteiger partial charge in [-0.05, 0) is 31.5 Å². The van der Waals surface area contributed by atoms with E-state index < -0.39 is 0 Å². The lowest BCUT2D eigenvalue weighted by molar-refractivity contribution is -0.117. The van der Waals surface area contributed by atoms with Gasteiger partial charge in [0, 0.05) is 11.0 Å². The van der Waals surface area contributed by atoms with Crippen molar-refractivity contribution in [3.8, 4) is 11.3 Å². The number of rotatable bonds is 5. The summed E-state index contributed by atoms with van der Waals surface area (Å²) in [5.41, 5.74) is 7.45. The summed E-state index contributed by atoms with van der Waals surface area (Å²) in [5, 5.41) is 0.525. The molecule has 0 aliphatic heterocycles. The molecule has 4 nitrogen and oxygen atoms in total. The lowest BCUT2D eigenvalue weighted by Gasteiger charge is -2.11. The molecular weight excluding hydrogens is 338 g/mol. The van der Waals surface area contributed by atoms with Crippen LogP contribution in [0, 0.1) is 0 Å². The molecule has 0 spiro atoms. The fraction of sp³-hybridized carbons (Fsp3) is 0.286. The van der Waals surface area contributed by atoms with E-state index in [1.54, 1.807) is 6.92 Å². The van der Waals surface area contributed by atoms with E-state index in [1.807, 2.05) is 30.5 Å². The average molecular weight is 354 g/mol. The van der Waals surface area contributed by atoms with E-state index in [4.69, 9.17) is 5.73 Å². The number of thioether (sulfide) groups is 1. The summed E-state index contributed by atoms with van der Waals surface area (Å²) in [6.07, 6.45) is 1.84. The number of benzene rings is 1. The van der Waals surface area contributed by atoms with Crippen molar-refractivity contribution in [1.29, 1.82) is 0 Å². The van der Waals surface area contributed by atoms with Gasteiger partial charge in [0.15, 0.2) is 5.16 Å². The number of hydrogen-bond donors (Lipinski definition) is 1. The third-order valence-electron chi connectivity index (χ3n) is 2.96. The van der Waals surface area contributed by atoms with Gasteiger partial charge >= 0.3 is 0 Å². The first-order chi connectivity index (χ1) is 9.52. The van der Waals surface area contributed by atoms with Crippen LogP contribution in [0.3, 0.4) is 0 Å². The second kappa shape index (κ2) is 6.45. The smallest absolute Gasteiger partial charge is 0.230 e. The van der Waals surface area contributed by atoms with Gasteiger partial charge in [-0.3, -0.25) is 4.79 Å². The van der Waals surface area contributed by atoms with Crippen LogP contribution in [0.1, 0.15) is 13.8 Å². The van der Waals surface area contributed by atoms with Crippen molar-refractivity contribution in [2.45, 2.75) is 30.8 Å². The minimum absolute atomic E-state index is 0.291. The summed E-state index contributed by atoms with van der Waals surface area (Å²) >= 11 is 4.82. The molecule has 0 aliphatic carbocycles. The number of nitrogens with zero attached hydrogens (tertiary/aromatic N) is 2. The van der Waals surface area contributed by atoms with Crippen molar-refractivity contribution in [1.82, 2.24) is 9.55 Å². The molecule has 1 atom stereocenters. The van der Waals surface area contributed by atoms with Crippen LogP contribution in [0.2, 0.25) is 0 Å². The number of primary amides is 1. The molecule has 1 heterocycles. The maximum Gasteiger partial charge on any atom is 0.230 e. The molecule has 0 bridgehead atoms. The fourth-order valence-electron chi connectivity index (χ4n) is 1.83. The summed E-state index contributed by atoms with van der Waals surface area (Å²) in [6, 6.07) is 8.08.